The Morgan fingerprint density at radius 2 is 2.50 bits per heavy atom. The smallest absolute Gasteiger partial charge is 0.213 e. The van der Waals surface area contributed by atoms with Crippen molar-refractivity contribution in [1.82, 2.24) is 10.3 Å². The highest BCUT2D eigenvalue weighted by Gasteiger charge is 2.15. The first-order chi connectivity index (χ1) is 6.88. The van der Waals surface area contributed by atoms with Gasteiger partial charge in [-0.05, 0) is 24.9 Å². The molecule has 1 aliphatic heterocycles. The molecule has 1 aromatic heterocycles. The van der Waals surface area contributed by atoms with Crippen molar-refractivity contribution in [3.8, 4) is 5.88 Å². The van der Waals surface area contributed by atoms with Crippen LogP contribution >= 0.6 is 0 Å². The minimum absolute atomic E-state index is 0.301. The Kier molecular flexibility index (Phi) is 2.99. The van der Waals surface area contributed by atoms with Crippen LogP contribution in [0.25, 0.3) is 0 Å². The van der Waals surface area contributed by atoms with Crippen LogP contribution in [0.5, 0.6) is 5.88 Å². The fraction of sp³-hybridized carbons (Fsp3) is 0.545. The second-order valence-electron chi connectivity index (χ2n) is 3.59. The summed E-state index contributed by atoms with van der Waals surface area (Å²) in [6, 6.07) is 4.03. The lowest BCUT2D eigenvalue weighted by Crippen LogP contribution is -2.19. The minimum atomic E-state index is 0.301. The van der Waals surface area contributed by atoms with E-state index in [1.165, 1.54) is 5.56 Å². The normalized spacial score (nSPS) is 21.1. The summed E-state index contributed by atoms with van der Waals surface area (Å²) in [6.07, 6.45) is 4.29. The standard InChI is InChI=1S/C11H16N2O/c1-2-9-3-4-11(13-7-9)14-10-5-6-12-8-10/h3-4,7,10,12H,2,5-6,8H2,1H3/t10-/m1/s1. The Balaban J connectivity index is 1.95. The van der Waals surface area contributed by atoms with Gasteiger partial charge in [-0.3, -0.25) is 0 Å². The highest BCUT2D eigenvalue weighted by molar-refractivity contribution is 5.17. The molecule has 3 heteroatoms. The van der Waals surface area contributed by atoms with Gasteiger partial charge in [0, 0.05) is 18.8 Å². The van der Waals surface area contributed by atoms with Crippen LogP contribution in [0.1, 0.15) is 18.9 Å². The first-order valence-electron chi connectivity index (χ1n) is 5.21. The van der Waals surface area contributed by atoms with Gasteiger partial charge in [-0.2, -0.15) is 0 Å². The molecular weight excluding hydrogens is 176 g/mol. The van der Waals surface area contributed by atoms with Crippen molar-refractivity contribution in [2.24, 2.45) is 0 Å². The third-order valence-electron chi connectivity index (χ3n) is 2.51. The fourth-order valence-electron chi connectivity index (χ4n) is 1.59. The minimum Gasteiger partial charge on any atom is -0.473 e. The zero-order valence-electron chi connectivity index (χ0n) is 8.49. The molecule has 3 nitrogen and oxygen atoms in total. The molecule has 2 rings (SSSR count). The Hall–Kier alpha value is -1.09. The van der Waals surface area contributed by atoms with E-state index in [0.29, 0.717) is 6.10 Å². The van der Waals surface area contributed by atoms with Crippen molar-refractivity contribution in [3.63, 3.8) is 0 Å². The number of nitrogens with one attached hydrogen (secondary N) is 1. The van der Waals surface area contributed by atoms with Gasteiger partial charge in [-0.25, -0.2) is 4.98 Å². The quantitative estimate of drug-likeness (QED) is 0.785. The SMILES string of the molecule is CCc1ccc(O[C@@H]2CCNC2)nc1. The lowest BCUT2D eigenvalue weighted by Gasteiger charge is -2.11. The molecule has 0 bridgehead atoms. The molecule has 0 saturated carbocycles. The number of hydrogen-bond donors (Lipinski definition) is 1. The summed E-state index contributed by atoms with van der Waals surface area (Å²) in [6.45, 7) is 4.12. The van der Waals surface area contributed by atoms with E-state index < -0.39 is 0 Å². The van der Waals surface area contributed by atoms with Gasteiger partial charge in [0.15, 0.2) is 0 Å². The molecule has 1 atom stereocenters. The molecule has 1 fully saturated rings. The van der Waals surface area contributed by atoms with Crippen LogP contribution in [0.2, 0.25) is 0 Å². The maximum atomic E-state index is 5.70. The number of pyridine rings is 1. The molecule has 1 aliphatic rings. The molecule has 2 heterocycles. The maximum absolute atomic E-state index is 5.70. The van der Waals surface area contributed by atoms with E-state index in [-0.39, 0.29) is 0 Å². The molecule has 76 valence electrons. The van der Waals surface area contributed by atoms with Crippen LogP contribution < -0.4 is 10.1 Å². The van der Waals surface area contributed by atoms with E-state index in [1.54, 1.807) is 0 Å². The molecule has 0 spiro atoms. The Labute approximate surface area is 84.5 Å². The summed E-state index contributed by atoms with van der Waals surface area (Å²) in [5, 5.41) is 3.26. The monoisotopic (exact) mass is 192 g/mol. The van der Waals surface area contributed by atoms with E-state index in [4.69, 9.17) is 4.74 Å². The third-order valence-corrected chi connectivity index (χ3v) is 2.51. The third kappa shape index (κ3) is 2.23. The van der Waals surface area contributed by atoms with Gasteiger partial charge in [0.1, 0.15) is 6.10 Å². The molecule has 1 N–H and O–H groups in total. The highest BCUT2D eigenvalue weighted by atomic mass is 16.5. The number of rotatable bonds is 3. The zero-order valence-corrected chi connectivity index (χ0v) is 8.49. The average molecular weight is 192 g/mol. The predicted molar refractivity (Wildman–Crippen MR) is 55.5 cm³/mol. The number of ether oxygens (including phenoxy) is 1. The van der Waals surface area contributed by atoms with Crippen molar-refractivity contribution in [1.29, 1.82) is 0 Å². The van der Waals surface area contributed by atoms with Crippen LogP contribution in [-0.2, 0) is 6.42 Å². The van der Waals surface area contributed by atoms with Gasteiger partial charge < -0.3 is 10.1 Å². The number of hydrogen-bond acceptors (Lipinski definition) is 3. The molecule has 1 saturated heterocycles. The van der Waals surface area contributed by atoms with Crippen molar-refractivity contribution < 1.29 is 4.74 Å². The molecule has 1 aromatic rings. The molecule has 14 heavy (non-hydrogen) atoms. The zero-order chi connectivity index (χ0) is 9.80. The van der Waals surface area contributed by atoms with Crippen LogP contribution in [0, 0.1) is 0 Å². The van der Waals surface area contributed by atoms with Crippen molar-refractivity contribution in [2.45, 2.75) is 25.9 Å². The van der Waals surface area contributed by atoms with Gasteiger partial charge >= 0.3 is 0 Å². The number of aromatic nitrogens is 1. The summed E-state index contributed by atoms with van der Waals surface area (Å²) in [4.78, 5) is 4.26. The Morgan fingerprint density at radius 3 is 3.07 bits per heavy atom. The Bertz CT molecular complexity index is 278. The van der Waals surface area contributed by atoms with Gasteiger partial charge in [0.2, 0.25) is 5.88 Å². The van der Waals surface area contributed by atoms with Gasteiger partial charge in [-0.15, -0.1) is 0 Å². The fourth-order valence-corrected chi connectivity index (χ4v) is 1.59. The summed E-state index contributed by atoms with van der Waals surface area (Å²) >= 11 is 0. The Morgan fingerprint density at radius 1 is 1.57 bits per heavy atom. The number of aryl methyl sites for hydroxylation is 1. The molecule has 0 aliphatic carbocycles. The van der Waals surface area contributed by atoms with E-state index in [9.17, 15) is 0 Å². The topological polar surface area (TPSA) is 34.1 Å². The van der Waals surface area contributed by atoms with Crippen LogP contribution in [0.3, 0.4) is 0 Å². The molecule has 0 unspecified atom stereocenters. The average Bonchev–Trinajstić information content (AvgIpc) is 2.72. The van der Waals surface area contributed by atoms with Gasteiger partial charge in [0.25, 0.3) is 0 Å². The summed E-state index contributed by atoms with van der Waals surface area (Å²) < 4.78 is 5.70. The largest absolute Gasteiger partial charge is 0.473 e. The van der Waals surface area contributed by atoms with Crippen molar-refractivity contribution in [2.75, 3.05) is 13.1 Å². The van der Waals surface area contributed by atoms with Crippen molar-refractivity contribution >= 4 is 0 Å². The molecule has 0 aromatic carbocycles. The van der Waals surface area contributed by atoms with E-state index >= 15 is 0 Å². The van der Waals surface area contributed by atoms with Crippen LogP contribution in [-0.4, -0.2) is 24.2 Å². The number of nitrogens with zero attached hydrogens (tertiary/aromatic N) is 1. The van der Waals surface area contributed by atoms with Crippen molar-refractivity contribution in [3.05, 3.63) is 23.9 Å². The maximum Gasteiger partial charge on any atom is 0.213 e. The van der Waals surface area contributed by atoms with E-state index in [2.05, 4.69) is 23.3 Å². The molecule has 0 amide bonds. The first kappa shape index (κ1) is 9.46. The predicted octanol–water partition coefficient (Wildman–Crippen LogP) is 1.38. The van der Waals surface area contributed by atoms with Gasteiger partial charge in [-0.1, -0.05) is 13.0 Å². The van der Waals surface area contributed by atoms with E-state index in [0.717, 1.165) is 31.8 Å². The first-order valence-corrected chi connectivity index (χ1v) is 5.21. The van der Waals surface area contributed by atoms with E-state index in [1.807, 2.05) is 12.3 Å². The van der Waals surface area contributed by atoms with Gasteiger partial charge in [0.05, 0.1) is 0 Å². The second-order valence-corrected chi connectivity index (χ2v) is 3.59. The highest BCUT2D eigenvalue weighted by Crippen LogP contribution is 2.12. The summed E-state index contributed by atoms with van der Waals surface area (Å²) in [7, 11) is 0. The molecular formula is C11H16N2O. The van der Waals surface area contributed by atoms with Crippen LogP contribution in [0.4, 0.5) is 0 Å². The molecule has 0 radical (unpaired) electrons. The summed E-state index contributed by atoms with van der Waals surface area (Å²) in [5.74, 6) is 0.746. The van der Waals surface area contributed by atoms with Crippen LogP contribution in [0.15, 0.2) is 18.3 Å². The second kappa shape index (κ2) is 4.42. The summed E-state index contributed by atoms with van der Waals surface area (Å²) in [5.41, 5.74) is 1.25. The lowest BCUT2D eigenvalue weighted by molar-refractivity contribution is 0.214. The lowest BCUT2D eigenvalue weighted by atomic mass is 10.2.